The molecule has 0 bridgehead atoms. The van der Waals surface area contributed by atoms with Crippen LogP contribution in [0.2, 0.25) is 0 Å². The van der Waals surface area contributed by atoms with Crippen LogP contribution in [0.15, 0.2) is 53.3 Å². The number of benzene rings is 2. The van der Waals surface area contributed by atoms with E-state index in [1.54, 1.807) is 12.1 Å². The van der Waals surface area contributed by atoms with E-state index in [9.17, 15) is 19.4 Å². The number of H-pyrrole nitrogens is 1. The number of fused-ring (bicyclic) bond motifs is 1. The number of phenols is 1. The molecule has 2 aromatic carbocycles. The van der Waals surface area contributed by atoms with Crippen molar-refractivity contribution >= 4 is 10.9 Å². The molecule has 0 saturated carbocycles. The second-order valence-corrected chi connectivity index (χ2v) is 6.05. The molecule has 0 saturated heterocycles. The van der Waals surface area contributed by atoms with E-state index in [2.05, 4.69) is 10.3 Å². The van der Waals surface area contributed by atoms with Crippen molar-refractivity contribution in [1.82, 2.24) is 10.3 Å². The Labute approximate surface area is 143 Å². The number of aromatic amines is 1. The molecule has 0 aliphatic heterocycles. The zero-order chi connectivity index (χ0) is 18.0. The summed E-state index contributed by atoms with van der Waals surface area (Å²) >= 11 is 0. The zero-order valence-electron chi connectivity index (χ0n) is 13.7. The molecule has 0 radical (unpaired) electrons. The number of aliphatic hydroxyl groups is 1. The Kier molecular flexibility index (Phi) is 4.83. The van der Waals surface area contributed by atoms with Gasteiger partial charge in [-0.1, -0.05) is 12.1 Å². The fourth-order valence-corrected chi connectivity index (χ4v) is 2.71. The molecule has 1 aromatic heterocycles. The van der Waals surface area contributed by atoms with E-state index >= 15 is 0 Å². The van der Waals surface area contributed by atoms with E-state index in [0.717, 1.165) is 0 Å². The second-order valence-electron chi connectivity index (χ2n) is 6.05. The first-order valence-electron chi connectivity index (χ1n) is 7.96. The van der Waals surface area contributed by atoms with Crippen LogP contribution in [0.1, 0.15) is 24.3 Å². The molecule has 3 rings (SSSR count). The highest BCUT2D eigenvalue weighted by Gasteiger charge is 2.16. The van der Waals surface area contributed by atoms with Crippen molar-refractivity contribution in [3.63, 3.8) is 0 Å². The first-order valence-corrected chi connectivity index (χ1v) is 7.96. The van der Waals surface area contributed by atoms with Crippen molar-refractivity contribution < 1.29 is 14.6 Å². The lowest BCUT2D eigenvalue weighted by atomic mass is 10.0. The lowest BCUT2D eigenvalue weighted by Crippen LogP contribution is -2.32. The molecule has 0 fully saturated rings. The standard InChI is InChI=1S/C19H19FN2O3/c1-11(19(25)12-2-5-15(23)6-3-12)21-10-14-9-18(24)16-8-13(20)4-7-17(16)22-14/h2-9,11,19,21,23,25H,10H2,1H3,(H,22,24)/t11-,19-/m1/s1. The maximum Gasteiger partial charge on any atom is 0.189 e. The lowest BCUT2D eigenvalue weighted by Gasteiger charge is -2.21. The molecule has 0 unspecified atom stereocenters. The van der Waals surface area contributed by atoms with Crippen LogP contribution in [-0.4, -0.2) is 21.2 Å². The van der Waals surface area contributed by atoms with Crippen molar-refractivity contribution in [2.24, 2.45) is 0 Å². The predicted octanol–water partition coefficient (Wildman–Crippen LogP) is 2.58. The van der Waals surface area contributed by atoms with Crippen LogP contribution in [0.3, 0.4) is 0 Å². The van der Waals surface area contributed by atoms with Crippen LogP contribution in [0.5, 0.6) is 5.75 Å². The highest BCUT2D eigenvalue weighted by molar-refractivity contribution is 5.78. The summed E-state index contributed by atoms with van der Waals surface area (Å²) < 4.78 is 13.2. The summed E-state index contributed by atoms with van der Waals surface area (Å²) in [6.07, 6.45) is -0.762. The molecule has 0 aliphatic rings. The van der Waals surface area contributed by atoms with Crippen molar-refractivity contribution in [2.45, 2.75) is 25.6 Å². The van der Waals surface area contributed by atoms with Gasteiger partial charge in [0.1, 0.15) is 11.6 Å². The number of hydrogen-bond donors (Lipinski definition) is 4. The largest absolute Gasteiger partial charge is 0.508 e. The molecule has 0 amide bonds. The molecule has 3 aromatic rings. The van der Waals surface area contributed by atoms with E-state index in [-0.39, 0.29) is 17.2 Å². The third kappa shape index (κ3) is 3.87. The number of pyridine rings is 1. The summed E-state index contributed by atoms with van der Waals surface area (Å²) in [7, 11) is 0. The Hall–Kier alpha value is -2.70. The summed E-state index contributed by atoms with van der Waals surface area (Å²) in [4.78, 5) is 15.2. The number of phenolic OH excluding ortho intramolecular Hbond substituents is 1. The molecule has 0 spiro atoms. The Morgan fingerprint density at radius 1 is 1.16 bits per heavy atom. The van der Waals surface area contributed by atoms with E-state index in [1.165, 1.54) is 36.4 Å². The monoisotopic (exact) mass is 342 g/mol. The summed E-state index contributed by atoms with van der Waals surface area (Å²) in [6, 6.07) is 11.5. The van der Waals surface area contributed by atoms with Crippen LogP contribution in [0, 0.1) is 5.82 Å². The van der Waals surface area contributed by atoms with Gasteiger partial charge in [-0.05, 0) is 42.8 Å². The maximum atomic E-state index is 13.2. The number of hydrogen-bond acceptors (Lipinski definition) is 4. The summed E-state index contributed by atoms with van der Waals surface area (Å²) in [6.45, 7) is 2.17. The highest BCUT2D eigenvalue weighted by atomic mass is 19.1. The van der Waals surface area contributed by atoms with Crippen LogP contribution >= 0.6 is 0 Å². The van der Waals surface area contributed by atoms with Gasteiger partial charge in [-0.15, -0.1) is 0 Å². The van der Waals surface area contributed by atoms with Gasteiger partial charge in [0.2, 0.25) is 0 Å². The minimum atomic E-state index is -0.762. The van der Waals surface area contributed by atoms with Gasteiger partial charge >= 0.3 is 0 Å². The third-order valence-electron chi connectivity index (χ3n) is 4.17. The lowest BCUT2D eigenvalue weighted by molar-refractivity contribution is 0.135. The van der Waals surface area contributed by atoms with Gasteiger partial charge < -0.3 is 20.5 Å². The average Bonchev–Trinajstić information content (AvgIpc) is 2.60. The molecular weight excluding hydrogens is 323 g/mol. The van der Waals surface area contributed by atoms with Gasteiger partial charge in [-0.2, -0.15) is 0 Å². The molecule has 5 nitrogen and oxygen atoms in total. The first-order chi connectivity index (χ1) is 11.9. The number of aliphatic hydroxyl groups excluding tert-OH is 1. The van der Waals surface area contributed by atoms with Crippen LogP contribution < -0.4 is 10.7 Å². The van der Waals surface area contributed by atoms with E-state index < -0.39 is 11.9 Å². The number of aromatic hydroxyl groups is 1. The maximum absolute atomic E-state index is 13.2. The highest BCUT2D eigenvalue weighted by Crippen LogP contribution is 2.20. The Bertz CT molecular complexity index is 938. The fraction of sp³-hybridized carbons (Fsp3) is 0.211. The number of aromatic nitrogens is 1. The summed E-state index contributed by atoms with van der Waals surface area (Å²) in [5.74, 6) is -0.309. The van der Waals surface area contributed by atoms with Crippen LogP contribution in [-0.2, 0) is 6.54 Å². The molecule has 130 valence electrons. The molecular formula is C19H19FN2O3. The van der Waals surface area contributed by atoms with Gasteiger partial charge in [0, 0.05) is 35.2 Å². The van der Waals surface area contributed by atoms with Gasteiger partial charge in [0.05, 0.1) is 6.10 Å². The van der Waals surface area contributed by atoms with Crippen LogP contribution in [0.4, 0.5) is 4.39 Å². The van der Waals surface area contributed by atoms with Crippen molar-refractivity contribution in [3.05, 3.63) is 75.8 Å². The molecule has 25 heavy (non-hydrogen) atoms. The second kappa shape index (κ2) is 7.04. The van der Waals surface area contributed by atoms with E-state index in [4.69, 9.17) is 0 Å². The summed E-state index contributed by atoms with van der Waals surface area (Å²) in [5, 5.41) is 23.1. The number of halogens is 1. The van der Waals surface area contributed by atoms with Crippen LogP contribution in [0.25, 0.3) is 10.9 Å². The summed E-state index contributed by atoms with van der Waals surface area (Å²) in [5.41, 5.74) is 1.64. The minimum absolute atomic E-state index is 0.140. The molecule has 6 heteroatoms. The Balaban J connectivity index is 1.72. The molecule has 4 N–H and O–H groups in total. The van der Waals surface area contributed by atoms with Gasteiger partial charge in [0.25, 0.3) is 0 Å². The minimum Gasteiger partial charge on any atom is -0.508 e. The average molecular weight is 342 g/mol. The van der Waals surface area contributed by atoms with Crippen molar-refractivity contribution in [1.29, 1.82) is 0 Å². The van der Waals surface area contributed by atoms with Crippen molar-refractivity contribution in [3.8, 4) is 5.75 Å². The molecule has 0 aliphatic carbocycles. The van der Waals surface area contributed by atoms with Crippen molar-refractivity contribution in [2.75, 3.05) is 0 Å². The Morgan fingerprint density at radius 3 is 2.60 bits per heavy atom. The van der Waals surface area contributed by atoms with E-state index in [1.807, 2.05) is 6.92 Å². The normalized spacial score (nSPS) is 13.7. The van der Waals surface area contributed by atoms with Gasteiger partial charge in [-0.3, -0.25) is 4.79 Å². The quantitative estimate of drug-likeness (QED) is 0.574. The van der Waals surface area contributed by atoms with Gasteiger partial charge in [0.15, 0.2) is 5.43 Å². The Morgan fingerprint density at radius 2 is 1.88 bits per heavy atom. The zero-order valence-corrected chi connectivity index (χ0v) is 13.7. The number of nitrogens with one attached hydrogen (secondary N) is 2. The topological polar surface area (TPSA) is 85.4 Å². The smallest absolute Gasteiger partial charge is 0.189 e. The predicted molar refractivity (Wildman–Crippen MR) is 93.9 cm³/mol. The fourth-order valence-electron chi connectivity index (χ4n) is 2.71. The molecule has 1 heterocycles. The first kappa shape index (κ1) is 17.1. The molecule has 2 atom stereocenters. The van der Waals surface area contributed by atoms with E-state index in [0.29, 0.717) is 28.7 Å². The number of rotatable bonds is 5. The third-order valence-corrected chi connectivity index (χ3v) is 4.17. The van der Waals surface area contributed by atoms with Gasteiger partial charge in [-0.25, -0.2) is 4.39 Å². The SMILES string of the molecule is C[C@@H](NCc1cc(=O)c2cc(F)ccc2[nH]1)[C@@H](O)c1ccc(O)cc1.